The SMILES string of the molecule is Cc1cccc2c1ccn2COCC1CC1. The van der Waals surface area contributed by atoms with Crippen molar-refractivity contribution in [1.29, 1.82) is 0 Å². The van der Waals surface area contributed by atoms with Crippen molar-refractivity contribution >= 4 is 10.9 Å². The standard InChI is InChI=1S/C14H17NO/c1-11-3-2-4-14-13(11)7-8-15(14)10-16-9-12-5-6-12/h2-4,7-8,12H,5-6,9-10H2,1H3. The summed E-state index contributed by atoms with van der Waals surface area (Å²) in [6.45, 7) is 3.76. The zero-order chi connectivity index (χ0) is 11.0. The summed E-state index contributed by atoms with van der Waals surface area (Å²) < 4.78 is 7.90. The molecule has 1 saturated carbocycles. The molecule has 2 aromatic rings. The Hall–Kier alpha value is -1.28. The molecule has 84 valence electrons. The molecule has 1 aliphatic carbocycles. The van der Waals surface area contributed by atoms with Gasteiger partial charge in [-0.25, -0.2) is 0 Å². The van der Waals surface area contributed by atoms with Gasteiger partial charge in [-0.1, -0.05) is 12.1 Å². The van der Waals surface area contributed by atoms with Gasteiger partial charge in [0.25, 0.3) is 0 Å². The fourth-order valence-corrected chi connectivity index (χ4v) is 2.09. The van der Waals surface area contributed by atoms with Crippen molar-refractivity contribution in [2.45, 2.75) is 26.5 Å². The lowest BCUT2D eigenvalue weighted by atomic mass is 10.1. The summed E-state index contributed by atoms with van der Waals surface area (Å²) in [6, 6.07) is 8.58. The van der Waals surface area contributed by atoms with Gasteiger partial charge in [0.15, 0.2) is 0 Å². The van der Waals surface area contributed by atoms with Crippen molar-refractivity contribution in [3.05, 3.63) is 36.0 Å². The first-order valence-electron chi connectivity index (χ1n) is 5.97. The molecule has 1 aromatic carbocycles. The van der Waals surface area contributed by atoms with Crippen LogP contribution in [0.4, 0.5) is 0 Å². The summed E-state index contributed by atoms with van der Waals surface area (Å²) in [5.74, 6) is 0.837. The first-order valence-corrected chi connectivity index (χ1v) is 5.97. The van der Waals surface area contributed by atoms with Gasteiger partial charge in [0.1, 0.15) is 6.73 Å². The molecule has 0 spiro atoms. The molecular weight excluding hydrogens is 198 g/mol. The Morgan fingerprint density at radius 3 is 3.00 bits per heavy atom. The molecule has 0 amide bonds. The molecular formula is C14H17NO. The number of nitrogens with zero attached hydrogens (tertiary/aromatic N) is 1. The van der Waals surface area contributed by atoms with E-state index in [0.717, 1.165) is 12.5 Å². The Morgan fingerprint density at radius 2 is 2.19 bits per heavy atom. The largest absolute Gasteiger partial charge is 0.360 e. The van der Waals surface area contributed by atoms with Crippen LogP contribution in [0.1, 0.15) is 18.4 Å². The van der Waals surface area contributed by atoms with Crippen LogP contribution in [-0.4, -0.2) is 11.2 Å². The number of hydrogen-bond acceptors (Lipinski definition) is 1. The van der Waals surface area contributed by atoms with Gasteiger partial charge in [0.05, 0.1) is 12.1 Å². The number of fused-ring (bicyclic) bond motifs is 1. The molecule has 0 aliphatic heterocycles. The van der Waals surface area contributed by atoms with Crippen molar-refractivity contribution in [3.8, 4) is 0 Å². The monoisotopic (exact) mass is 215 g/mol. The maximum Gasteiger partial charge on any atom is 0.122 e. The molecule has 2 nitrogen and oxygen atoms in total. The van der Waals surface area contributed by atoms with Gasteiger partial charge in [-0.15, -0.1) is 0 Å². The summed E-state index contributed by atoms with van der Waals surface area (Å²) >= 11 is 0. The second kappa shape index (κ2) is 3.95. The minimum atomic E-state index is 0.684. The summed E-state index contributed by atoms with van der Waals surface area (Å²) in [7, 11) is 0. The summed E-state index contributed by atoms with van der Waals surface area (Å²) in [5, 5.41) is 1.33. The molecule has 0 N–H and O–H groups in total. The van der Waals surface area contributed by atoms with Crippen molar-refractivity contribution < 1.29 is 4.74 Å². The van der Waals surface area contributed by atoms with Crippen molar-refractivity contribution in [1.82, 2.24) is 4.57 Å². The van der Waals surface area contributed by atoms with Crippen molar-refractivity contribution in [2.24, 2.45) is 5.92 Å². The number of benzene rings is 1. The van der Waals surface area contributed by atoms with Crippen molar-refractivity contribution in [2.75, 3.05) is 6.61 Å². The smallest absolute Gasteiger partial charge is 0.122 e. The summed E-state index contributed by atoms with van der Waals surface area (Å²) in [6.07, 6.45) is 4.82. The van der Waals surface area contributed by atoms with E-state index in [2.05, 4.69) is 42.0 Å². The second-order valence-electron chi connectivity index (χ2n) is 4.74. The zero-order valence-electron chi connectivity index (χ0n) is 9.65. The Balaban J connectivity index is 1.77. The maximum atomic E-state index is 5.71. The molecule has 1 aromatic heterocycles. The third-order valence-electron chi connectivity index (χ3n) is 3.31. The predicted octanol–water partition coefficient (Wildman–Crippen LogP) is 3.33. The first-order chi connectivity index (χ1) is 7.84. The van der Waals surface area contributed by atoms with Gasteiger partial charge in [0.2, 0.25) is 0 Å². The molecule has 0 atom stereocenters. The van der Waals surface area contributed by atoms with Crippen LogP contribution in [0.5, 0.6) is 0 Å². The summed E-state index contributed by atoms with van der Waals surface area (Å²) in [4.78, 5) is 0. The molecule has 0 saturated heterocycles. The van der Waals surface area contributed by atoms with Gasteiger partial charge in [-0.05, 0) is 43.4 Å². The van der Waals surface area contributed by atoms with E-state index >= 15 is 0 Å². The Labute approximate surface area is 95.8 Å². The molecule has 16 heavy (non-hydrogen) atoms. The van der Waals surface area contributed by atoms with E-state index in [9.17, 15) is 0 Å². The van der Waals surface area contributed by atoms with Crippen LogP contribution in [0.15, 0.2) is 30.5 Å². The quantitative estimate of drug-likeness (QED) is 0.763. The van der Waals surface area contributed by atoms with Crippen LogP contribution in [0.25, 0.3) is 10.9 Å². The summed E-state index contributed by atoms with van der Waals surface area (Å²) in [5.41, 5.74) is 2.61. The predicted molar refractivity (Wildman–Crippen MR) is 65.4 cm³/mol. The normalized spacial score (nSPS) is 15.8. The molecule has 1 heterocycles. The van der Waals surface area contributed by atoms with Crippen LogP contribution in [0.3, 0.4) is 0 Å². The maximum absolute atomic E-state index is 5.71. The van der Waals surface area contributed by atoms with Crippen LogP contribution >= 0.6 is 0 Å². The average molecular weight is 215 g/mol. The van der Waals surface area contributed by atoms with E-state index in [-0.39, 0.29) is 0 Å². The number of rotatable bonds is 4. The molecule has 0 bridgehead atoms. The van der Waals surface area contributed by atoms with E-state index in [1.54, 1.807) is 0 Å². The van der Waals surface area contributed by atoms with E-state index in [0.29, 0.717) is 6.73 Å². The lowest BCUT2D eigenvalue weighted by molar-refractivity contribution is 0.0718. The average Bonchev–Trinajstić information content (AvgIpc) is 3.00. The Bertz CT molecular complexity index is 496. The molecule has 0 radical (unpaired) electrons. The van der Waals surface area contributed by atoms with Gasteiger partial charge in [0, 0.05) is 11.6 Å². The number of hydrogen-bond donors (Lipinski definition) is 0. The lowest BCUT2D eigenvalue weighted by Crippen LogP contribution is -2.03. The van der Waals surface area contributed by atoms with E-state index in [4.69, 9.17) is 4.74 Å². The Morgan fingerprint density at radius 1 is 1.31 bits per heavy atom. The zero-order valence-corrected chi connectivity index (χ0v) is 9.65. The highest BCUT2D eigenvalue weighted by Crippen LogP contribution is 2.29. The van der Waals surface area contributed by atoms with Gasteiger partial charge in [-0.3, -0.25) is 0 Å². The highest BCUT2D eigenvalue weighted by atomic mass is 16.5. The van der Waals surface area contributed by atoms with Gasteiger partial charge in [-0.2, -0.15) is 0 Å². The third-order valence-corrected chi connectivity index (χ3v) is 3.31. The second-order valence-corrected chi connectivity index (χ2v) is 4.74. The van der Waals surface area contributed by atoms with Gasteiger partial charge >= 0.3 is 0 Å². The number of aryl methyl sites for hydroxylation is 1. The van der Waals surface area contributed by atoms with E-state index < -0.39 is 0 Å². The lowest BCUT2D eigenvalue weighted by Gasteiger charge is -2.06. The van der Waals surface area contributed by atoms with Crippen molar-refractivity contribution in [3.63, 3.8) is 0 Å². The highest BCUT2D eigenvalue weighted by Gasteiger charge is 2.21. The highest BCUT2D eigenvalue weighted by molar-refractivity contribution is 5.83. The molecule has 1 fully saturated rings. The van der Waals surface area contributed by atoms with Crippen LogP contribution in [-0.2, 0) is 11.5 Å². The molecule has 3 rings (SSSR count). The van der Waals surface area contributed by atoms with Crippen LogP contribution < -0.4 is 0 Å². The molecule has 2 heteroatoms. The number of aromatic nitrogens is 1. The van der Waals surface area contributed by atoms with E-state index in [1.807, 2.05) is 0 Å². The minimum Gasteiger partial charge on any atom is -0.360 e. The minimum absolute atomic E-state index is 0.684. The first kappa shape index (κ1) is 9.91. The van der Waals surface area contributed by atoms with E-state index in [1.165, 1.54) is 29.3 Å². The Kier molecular flexibility index (Phi) is 2.44. The van der Waals surface area contributed by atoms with Crippen LogP contribution in [0.2, 0.25) is 0 Å². The van der Waals surface area contributed by atoms with Crippen LogP contribution in [0, 0.1) is 12.8 Å². The fraction of sp³-hybridized carbons (Fsp3) is 0.429. The fourth-order valence-electron chi connectivity index (χ4n) is 2.09. The van der Waals surface area contributed by atoms with Gasteiger partial charge < -0.3 is 9.30 Å². The molecule has 1 aliphatic rings. The molecule has 0 unspecified atom stereocenters. The third kappa shape index (κ3) is 1.85. The number of ether oxygens (including phenoxy) is 1. The topological polar surface area (TPSA) is 14.2 Å².